The average molecular weight is 355 g/mol. The summed E-state index contributed by atoms with van der Waals surface area (Å²) in [6.07, 6.45) is 4.46. The molecule has 3 heterocycles. The Hall–Kier alpha value is -2.29. The number of nitrogens with zero attached hydrogens (tertiary/aromatic N) is 4. The fourth-order valence-corrected chi connectivity index (χ4v) is 3.78. The number of carbonyl (C=O) groups excluding carboxylic acids is 1. The molecule has 2 atom stereocenters. The first-order valence-corrected chi connectivity index (χ1v) is 9.20. The Kier molecular flexibility index (Phi) is 4.96. The van der Waals surface area contributed by atoms with Gasteiger partial charge in [-0.25, -0.2) is 15.5 Å². The fraction of sp³-hybridized carbons (Fsp3) is 0.500. The molecule has 8 heteroatoms. The number of likely N-dealkylation sites (tertiary alicyclic amines) is 1. The normalized spacial score (nSPS) is 24.1. The summed E-state index contributed by atoms with van der Waals surface area (Å²) < 4.78 is 1.89. The molecule has 0 spiro atoms. The van der Waals surface area contributed by atoms with Gasteiger partial charge in [-0.2, -0.15) is 0 Å². The number of hydrazine groups is 1. The lowest BCUT2D eigenvalue weighted by atomic mass is 10.00. The van der Waals surface area contributed by atoms with Crippen molar-refractivity contribution in [3.05, 3.63) is 47.8 Å². The van der Waals surface area contributed by atoms with Gasteiger partial charge < -0.3 is 10.6 Å². The van der Waals surface area contributed by atoms with Crippen molar-refractivity contribution in [2.24, 2.45) is 5.73 Å². The van der Waals surface area contributed by atoms with Crippen molar-refractivity contribution in [1.29, 1.82) is 0 Å². The summed E-state index contributed by atoms with van der Waals surface area (Å²) in [5.74, 6) is 0.176. The Morgan fingerprint density at radius 2 is 1.96 bits per heavy atom. The van der Waals surface area contributed by atoms with E-state index in [4.69, 9.17) is 5.73 Å². The highest BCUT2D eigenvalue weighted by Gasteiger charge is 2.34. The van der Waals surface area contributed by atoms with Crippen molar-refractivity contribution in [3.8, 4) is 0 Å². The van der Waals surface area contributed by atoms with E-state index in [0.717, 1.165) is 38.0 Å². The molecule has 4 rings (SSSR count). The molecule has 1 aromatic carbocycles. The maximum absolute atomic E-state index is 12.8. The predicted molar refractivity (Wildman–Crippen MR) is 96.6 cm³/mol. The van der Waals surface area contributed by atoms with E-state index in [-0.39, 0.29) is 18.0 Å². The summed E-state index contributed by atoms with van der Waals surface area (Å²) >= 11 is 0. The topological polar surface area (TPSA) is 101 Å². The highest BCUT2D eigenvalue weighted by molar-refractivity contribution is 5.82. The van der Waals surface area contributed by atoms with Gasteiger partial charge in [0.05, 0.1) is 17.9 Å². The smallest absolute Gasteiger partial charge is 0.241 e. The molecular formula is C18H25N7O. The zero-order valence-electron chi connectivity index (χ0n) is 14.7. The van der Waals surface area contributed by atoms with Gasteiger partial charge in [0.1, 0.15) is 6.04 Å². The molecule has 1 aromatic heterocycles. The molecule has 2 fully saturated rings. The van der Waals surface area contributed by atoms with Crippen LogP contribution in [-0.2, 0) is 11.3 Å². The molecule has 2 aromatic rings. The van der Waals surface area contributed by atoms with Gasteiger partial charge in [0.2, 0.25) is 5.91 Å². The van der Waals surface area contributed by atoms with Crippen molar-refractivity contribution in [1.82, 2.24) is 30.7 Å². The zero-order chi connectivity index (χ0) is 17.9. The first kappa shape index (κ1) is 17.1. The van der Waals surface area contributed by atoms with Gasteiger partial charge in [-0.3, -0.25) is 4.79 Å². The third kappa shape index (κ3) is 3.48. The molecule has 0 radical (unpaired) electrons. The van der Waals surface area contributed by atoms with E-state index in [9.17, 15) is 4.79 Å². The van der Waals surface area contributed by atoms with E-state index in [0.29, 0.717) is 12.6 Å². The molecular weight excluding hydrogens is 330 g/mol. The Morgan fingerprint density at radius 1 is 1.19 bits per heavy atom. The van der Waals surface area contributed by atoms with Crippen LogP contribution in [0.2, 0.25) is 0 Å². The van der Waals surface area contributed by atoms with Crippen molar-refractivity contribution < 1.29 is 4.79 Å². The number of carbonyl (C=O) groups is 1. The molecule has 0 aliphatic carbocycles. The summed E-state index contributed by atoms with van der Waals surface area (Å²) in [5, 5.41) is 8.22. The van der Waals surface area contributed by atoms with Crippen molar-refractivity contribution >= 4 is 5.91 Å². The highest BCUT2D eigenvalue weighted by Crippen LogP contribution is 2.26. The van der Waals surface area contributed by atoms with Gasteiger partial charge in [-0.1, -0.05) is 35.5 Å². The molecule has 0 bridgehead atoms. The number of hydrogen-bond acceptors (Lipinski definition) is 6. The summed E-state index contributed by atoms with van der Waals surface area (Å²) in [5.41, 5.74) is 14.0. The minimum atomic E-state index is -0.174. The summed E-state index contributed by atoms with van der Waals surface area (Å²) in [7, 11) is 0. The monoisotopic (exact) mass is 355 g/mol. The van der Waals surface area contributed by atoms with Crippen LogP contribution in [0.5, 0.6) is 0 Å². The lowest BCUT2D eigenvalue weighted by molar-refractivity contribution is -0.134. The van der Waals surface area contributed by atoms with Crippen molar-refractivity contribution in [2.45, 2.75) is 43.9 Å². The summed E-state index contributed by atoms with van der Waals surface area (Å²) in [6.45, 7) is 1.89. The molecule has 8 nitrogen and oxygen atoms in total. The number of hydrogen-bond donors (Lipinski definition) is 3. The second kappa shape index (κ2) is 7.53. The number of rotatable bonds is 4. The molecule has 26 heavy (non-hydrogen) atoms. The van der Waals surface area contributed by atoms with E-state index >= 15 is 0 Å². The van der Waals surface area contributed by atoms with Crippen LogP contribution in [0.3, 0.4) is 0 Å². The molecule has 1 amide bonds. The van der Waals surface area contributed by atoms with Crippen LogP contribution in [-0.4, -0.2) is 44.9 Å². The molecule has 2 aliphatic heterocycles. The van der Waals surface area contributed by atoms with Gasteiger partial charge in [0.15, 0.2) is 0 Å². The standard InChI is InChI=1S/C18H25N7O/c19-11-14-12-25(23-20-14)15-6-8-24(9-7-15)18(26)17-10-16(21-22-17)13-4-2-1-3-5-13/h1-5,12,15-17,21-22H,6-11,19H2. The van der Waals surface area contributed by atoms with Gasteiger partial charge >= 0.3 is 0 Å². The quantitative estimate of drug-likeness (QED) is 0.739. The number of nitrogens with two attached hydrogens (primary N) is 1. The first-order valence-electron chi connectivity index (χ1n) is 9.20. The van der Waals surface area contributed by atoms with E-state index < -0.39 is 0 Å². The molecule has 2 unspecified atom stereocenters. The lowest BCUT2D eigenvalue weighted by Gasteiger charge is -2.33. The van der Waals surface area contributed by atoms with Gasteiger partial charge in [0, 0.05) is 25.7 Å². The molecule has 0 saturated carbocycles. The fourth-order valence-electron chi connectivity index (χ4n) is 3.78. The Morgan fingerprint density at radius 3 is 2.65 bits per heavy atom. The van der Waals surface area contributed by atoms with Crippen molar-refractivity contribution in [2.75, 3.05) is 13.1 Å². The summed E-state index contributed by atoms with van der Waals surface area (Å²) in [6, 6.07) is 10.5. The predicted octanol–water partition coefficient (Wildman–Crippen LogP) is 0.508. The highest BCUT2D eigenvalue weighted by atomic mass is 16.2. The summed E-state index contributed by atoms with van der Waals surface area (Å²) in [4.78, 5) is 14.8. The maximum Gasteiger partial charge on any atom is 0.241 e. The van der Waals surface area contributed by atoms with Crippen LogP contribution in [0.25, 0.3) is 0 Å². The lowest BCUT2D eigenvalue weighted by Crippen LogP contribution is -2.48. The number of aromatic nitrogens is 3. The van der Waals surface area contributed by atoms with E-state index in [2.05, 4.69) is 33.3 Å². The molecule has 4 N–H and O–H groups in total. The third-order valence-electron chi connectivity index (χ3n) is 5.32. The SMILES string of the molecule is NCc1cn(C2CCN(C(=O)C3CC(c4ccccc4)NN3)CC2)nn1. The van der Waals surface area contributed by atoms with Crippen molar-refractivity contribution in [3.63, 3.8) is 0 Å². The molecule has 2 saturated heterocycles. The Bertz CT molecular complexity index is 739. The number of piperidine rings is 1. The Balaban J connectivity index is 1.31. The van der Waals surface area contributed by atoms with Crippen LogP contribution in [0.4, 0.5) is 0 Å². The molecule has 2 aliphatic rings. The second-order valence-electron chi connectivity index (χ2n) is 6.99. The molecule has 138 valence electrons. The van der Waals surface area contributed by atoms with Crippen LogP contribution in [0, 0.1) is 0 Å². The number of benzene rings is 1. The number of amides is 1. The van der Waals surface area contributed by atoms with Crippen LogP contribution >= 0.6 is 0 Å². The van der Waals surface area contributed by atoms with Gasteiger partial charge in [0.25, 0.3) is 0 Å². The minimum absolute atomic E-state index is 0.174. The van der Waals surface area contributed by atoms with Gasteiger partial charge in [-0.05, 0) is 24.8 Å². The van der Waals surface area contributed by atoms with Crippen LogP contribution in [0.15, 0.2) is 36.5 Å². The average Bonchev–Trinajstić information content (AvgIpc) is 3.38. The van der Waals surface area contributed by atoms with E-state index in [1.54, 1.807) is 0 Å². The zero-order valence-corrected chi connectivity index (χ0v) is 14.7. The maximum atomic E-state index is 12.8. The van der Waals surface area contributed by atoms with Gasteiger partial charge in [-0.15, -0.1) is 5.10 Å². The minimum Gasteiger partial charge on any atom is -0.341 e. The largest absolute Gasteiger partial charge is 0.341 e. The Labute approximate surface area is 152 Å². The van der Waals surface area contributed by atoms with E-state index in [1.165, 1.54) is 5.56 Å². The van der Waals surface area contributed by atoms with Crippen LogP contribution in [0.1, 0.15) is 42.6 Å². The second-order valence-corrected chi connectivity index (χ2v) is 6.99. The number of nitrogens with one attached hydrogen (secondary N) is 2. The third-order valence-corrected chi connectivity index (χ3v) is 5.32. The van der Waals surface area contributed by atoms with Crippen LogP contribution < -0.4 is 16.6 Å². The first-order chi connectivity index (χ1) is 12.7. The van der Waals surface area contributed by atoms with E-state index in [1.807, 2.05) is 34.0 Å².